The molecule has 8 heteroatoms. The lowest BCUT2D eigenvalue weighted by Gasteiger charge is -2.34. The molecule has 1 aliphatic heterocycles. The summed E-state index contributed by atoms with van der Waals surface area (Å²) in [5.41, 5.74) is 0.329. The topological polar surface area (TPSA) is 82.5 Å². The number of thioether (sulfide) groups is 1. The fraction of sp³-hybridized carbons (Fsp3) is 0.600. The monoisotopic (exact) mass is 336 g/mol. The summed E-state index contributed by atoms with van der Waals surface area (Å²) in [7, 11) is 1.79. The van der Waals surface area contributed by atoms with E-state index in [1.807, 2.05) is 11.8 Å². The Balaban J connectivity index is 1.73. The van der Waals surface area contributed by atoms with Crippen molar-refractivity contribution in [2.75, 3.05) is 39.0 Å². The Labute approximate surface area is 141 Å². The van der Waals surface area contributed by atoms with Gasteiger partial charge in [0.25, 0.3) is 5.91 Å². The molecule has 1 fully saturated rings. The van der Waals surface area contributed by atoms with Gasteiger partial charge < -0.3 is 15.5 Å². The van der Waals surface area contributed by atoms with Gasteiger partial charge in [-0.3, -0.25) is 14.8 Å². The maximum absolute atomic E-state index is 11.9. The lowest BCUT2D eigenvalue weighted by molar-refractivity contribution is 0.0949. The first-order valence-electron chi connectivity index (χ1n) is 7.86. The number of aromatic nitrogens is 2. The van der Waals surface area contributed by atoms with Crippen molar-refractivity contribution in [3.05, 3.63) is 24.3 Å². The number of amides is 1. The third-order valence-electron chi connectivity index (χ3n) is 3.59. The molecular weight excluding hydrogens is 312 g/mol. The molecule has 1 atom stereocenters. The summed E-state index contributed by atoms with van der Waals surface area (Å²) in [5.74, 6) is 1.82. The van der Waals surface area contributed by atoms with Gasteiger partial charge in [0, 0.05) is 56.6 Å². The van der Waals surface area contributed by atoms with Crippen molar-refractivity contribution in [2.45, 2.75) is 18.6 Å². The predicted octanol–water partition coefficient (Wildman–Crippen LogP) is 0.609. The molecule has 2 heterocycles. The third-order valence-corrected chi connectivity index (χ3v) is 4.97. The van der Waals surface area contributed by atoms with Crippen LogP contribution in [0.5, 0.6) is 0 Å². The summed E-state index contributed by atoms with van der Waals surface area (Å²) in [6, 6.07) is 0. The largest absolute Gasteiger partial charge is 0.354 e. The standard InChI is InChI=1S/C15H24N6OS/c1-3-12-11-21(8-9-23-12)15(16-2)20-7-6-19-14(22)13-10-17-4-5-18-13/h4-5,10,12H,3,6-9,11H2,1-2H3,(H,16,20)(H,19,22). The molecule has 1 aromatic heterocycles. The van der Waals surface area contributed by atoms with Gasteiger partial charge in [-0.25, -0.2) is 4.98 Å². The van der Waals surface area contributed by atoms with Crippen LogP contribution in [0.1, 0.15) is 23.8 Å². The average Bonchev–Trinajstić information content (AvgIpc) is 2.62. The van der Waals surface area contributed by atoms with Crippen molar-refractivity contribution in [1.82, 2.24) is 25.5 Å². The lowest BCUT2D eigenvalue weighted by Crippen LogP contribution is -2.49. The second kappa shape index (κ2) is 9.34. The van der Waals surface area contributed by atoms with Crippen LogP contribution < -0.4 is 10.6 Å². The van der Waals surface area contributed by atoms with E-state index in [1.54, 1.807) is 13.2 Å². The number of hydrogen-bond acceptors (Lipinski definition) is 5. The normalized spacial score (nSPS) is 18.6. The van der Waals surface area contributed by atoms with Gasteiger partial charge in [0.2, 0.25) is 0 Å². The second-order valence-electron chi connectivity index (χ2n) is 5.17. The summed E-state index contributed by atoms with van der Waals surface area (Å²) in [4.78, 5) is 26.3. The van der Waals surface area contributed by atoms with Crippen LogP contribution in [-0.2, 0) is 0 Å². The Morgan fingerprint density at radius 1 is 1.43 bits per heavy atom. The smallest absolute Gasteiger partial charge is 0.271 e. The zero-order valence-electron chi connectivity index (χ0n) is 13.7. The molecule has 2 rings (SSSR count). The van der Waals surface area contributed by atoms with Crippen LogP contribution in [0.15, 0.2) is 23.6 Å². The number of guanidine groups is 1. The number of hydrogen-bond donors (Lipinski definition) is 2. The molecule has 0 aromatic carbocycles. The van der Waals surface area contributed by atoms with Gasteiger partial charge >= 0.3 is 0 Å². The molecule has 0 saturated carbocycles. The minimum atomic E-state index is -0.213. The van der Waals surface area contributed by atoms with Gasteiger partial charge in [0.05, 0.1) is 6.20 Å². The molecule has 1 saturated heterocycles. The Kier molecular flexibility index (Phi) is 7.12. The van der Waals surface area contributed by atoms with E-state index in [-0.39, 0.29) is 5.91 Å². The highest BCUT2D eigenvalue weighted by molar-refractivity contribution is 8.00. The SMILES string of the molecule is CCC1CN(C(=NC)NCCNC(=O)c2cnccn2)CCS1. The van der Waals surface area contributed by atoms with E-state index >= 15 is 0 Å². The van der Waals surface area contributed by atoms with Gasteiger partial charge in [-0.05, 0) is 6.42 Å². The molecule has 0 spiro atoms. The van der Waals surface area contributed by atoms with Crippen molar-refractivity contribution in [3.63, 3.8) is 0 Å². The van der Waals surface area contributed by atoms with Gasteiger partial charge in [-0.1, -0.05) is 6.92 Å². The first-order chi connectivity index (χ1) is 11.2. The number of carbonyl (C=O) groups is 1. The van der Waals surface area contributed by atoms with Crippen molar-refractivity contribution in [2.24, 2.45) is 4.99 Å². The van der Waals surface area contributed by atoms with Gasteiger partial charge in [0.1, 0.15) is 5.69 Å². The van der Waals surface area contributed by atoms with Crippen LogP contribution in [0.3, 0.4) is 0 Å². The zero-order valence-corrected chi connectivity index (χ0v) is 14.5. The number of aliphatic imine (C=N–C) groups is 1. The van der Waals surface area contributed by atoms with Crippen LogP contribution in [0.4, 0.5) is 0 Å². The van der Waals surface area contributed by atoms with E-state index in [4.69, 9.17) is 0 Å². The molecule has 23 heavy (non-hydrogen) atoms. The second-order valence-corrected chi connectivity index (χ2v) is 6.58. The summed E-state index contributed by atoms with van der Waals surface area (Å²) in [6.07, 6.45) is 5.68. The van der Waals surface area contributed by atoms with E-state index in [1.165, 1.54) is 18.8 Å². The lowest BCUT2D eigenvalue weighted by atomic mass is 10.3. The zero-order chi connectivity index (χ0) is 16.5. The maximum Gasteiger partial charge on any atom is 0.271 e. The molecule has 0 bridgehead atoms. The first kappa shape index (κ1) is 17.5. The van der Waals surface area contributed by atoms with Crippen molar-refractivity contribution < 1.29 is 4.79 Å². The number of nitrogens with one attached hydrogen (secondary N) is 2. The van der Waals surface area contributed by atoms with Crippen LogP contribution in [0.25, 0.3) is 0 Å². The molecule has 7 nitrogen and oxygen atoms in total. The number of nitrogens with zero attached hydrogens (tertiary/aromatic N) is 4. The van der Waals surface area contributed by atoms with Gasteiger partial charge in [0.15, 0.2) is 5.96 Å². The fourth-order valence-electron chi connectivity index (χ4n) is 2.35. The minimum absolute atomic E-state index is 0.213. The minimum Gasteiger partial charge on any atom is -0.354 e. The molecule has 1 aliphatic rings. The van der Waals surface area contributed by atoms with E-state index in [0.717, 1.165) is 24.8 Å². The molecule has 1 unspecified atom stereocenters. The highest BCUT2D eigenvalue weighted by Crippen LogP contribution is 2.20. The molecule has 2 N–H and O–H groups in total. The van der Waals surface area contributed by atoms with Crippen molar-refractivity contribution in [3.8, 4) is 0 Å². The predicted molar refractivity (Wildman–Crippen MR) is 93.8 cm³/mol. The number of rotatable bonds is 5. The highest BCUT2D eigenvalue weighted by atomic mass is 32.2. The summed E-state index contributed by atoms with van der Waals surface area (Å²) >= 11 is 2.03. The number of carbonyl (C=O) groups excluding carboxylic acids is 1. The fourth-order valence-corrected chi connectivity index (χ4v) is 3.53. The molecule has 0 radical (unpaired) electrons. The van der Waals surface area contributed by atoms with E-state index in [2.05, 4.69) is 37.4 Å². The molecule has 1 amide bonds. The average molecular weight is 336 g/mol. The van der Waals surface area contributed by atoms with Crippen LogP contribution in [0, 0.1) is 0 Å². The molecule has 126 valence electrons. The van der Waals surface area contributed by atoms with E-state index in [0.29, 0.717) is 24.0 Å². The van der Waals surface area contributed by atoms with Crippen molar-refractivity contribution >= 4 is 23.6 Å². The Hall–Kier alpha value is -1.83. The maximum atomic E-state index is 11.9. The van der Waals surface area contributed by atoms with Crippen LogP contribution in [0.2, 0.25) is 0 Å². The Bertz CT molecular complexity index is 524. The molecule has 0 aliphatic carbocycles. The first-order valence-corrected chi connectivity index (χ1v) is 8.91. The Morgan fingerprint density at radius 3 is 2.96 bits per heavy atom. The van der Waals surface area contributed by atoms with Crippen molar-refractivity contribution in [1.29, 1.82) is 0 Å². The molecule has 1 aromatic rings. The highest BCUT2D eigenvalue weighted by Gasteiger charge is 2.21. The quantitative estimate of drug-likeness (QED) is 0.466. The summed E-state index contributed by atoms with van der Waals surface area (Å²) in [6.45, 7) is 5.38. The van der Waals surface area contributed by atoms with Crippen LogP contribution >= 0.6 is 11.8 Å². The Morgan fingerprint density at radius 2 is 2.26 bits per heavy atom. The van der Waals surface area contributed by atoms with Crippen LogP contribution in [-0.4, -0.2) is 71.0 Å². The summed E-state index contributed by atoms with van der Waals surface area (Å²) < 4.78 is 0. The van der Waals surface area contributed by atoms with E-state index < -0.39 is 0 Å². The molecular formula is C15H24N6OS. The third kappa shape index (κ3) is 5.38. The van der Waals surface area contributed by atoms with E-state index in [9.17, 15) is 4.79 Å². The summed E-state index contributed by atoms with van der Waals surface area (Å²) in [5, 5.41) is 6.79. The van der Waals surface area contributed by atoms with Gasteiger partial charge in [-0.2, -0.15) is 11.8 Å². The van der Waals surface area contributed by atoms with Gasteiger partial charge in [-0.15, -0.1) is 0 Å².